The van der Waals surface area contributed by atoms with Crippen LogP contribution in [0.15, 0.2) is 60.9 Å². The number of amides is 1. The van der Waals surface area contributed by atoms with E-state index in [0.29, 0.717) is 28.7 Å². The molecule has 0 fully saturated rings. The Morgan fingerprint density at radius 2 is 1.71 bits per heavy atom. The highest BCUT2D eigenvalue weighted by Gasteiger charge is 2.12. The van der Waals surface area contributed by atoms with Crippen molar-refractivity contribution in [3.63, 3.8) is 0 Å². The molecule has 2 aromatic carbocycles. The van der Waals surface area contributed by atoms with Crippen LogP contribution in [0.25, 0.3) is 5.95 Å². The number of aromatic nitrogens is 4. The van der Waals surface area contributed by atoms with E-state index in [1.54, 1.807) is 28.9 Å². The van der Waals surface area contributed by atoms with Gasteiger partial charge >= 0.3 is 0 Å². The topological polar surface area (TPSA) is 81.9 Å². The fraction of sp³-hybridized carbons (Fsp3) is 0.130. The lowest BCUT2D eigenvalue weighted by Gasteiger charge is -2.09. The first-order valence-electron chi connectivity index (χ1n) is 9.61. The van der Waals surface area contributed by atoms with Gasteiger partial charge in [-0.15, -0.1) is 0 Å². The van der Waals surface area contributed by atoms with Crippen LogP contribution in [0.4, 0.5) is 10.1 Å². The number of benzene rings is 2. The van der Waals surface area contributed by atoms with E-state index >= 15 is 0 Å². The molecule has 2 aromatic heterocycles. The number of hydrogen-bond donors (Lipinski definition) is 1. The third kappa shape index (κ3) is 4.42. The van der Waals surface area contributed by atoms with Crippen LogP contribution in [0.2, 0.25) is 0 Å². The predicted molar refractivity (Wildman–Crippen MR) is 114 cm³/mol. The first kappa shape index (κ1) is 20.2. The number of aryl methyl sites for hydroxylation is 1. The van der Waals surface area contributed by atoms with Gasteiger partial charge in [-0.25, -0.2) is 19.0 Å². The van der Waals surface area contributed by atoms with Crippen molar-refractivity contribution in [2.45, 2.75) is 20.8 Å². The lowest BCUT2D eigenvalue weighted by Crippen LogP contribution is -2.13. The van der Waals surface area contributed by atoms with Gasteiger partial charge in [0.15, 0.2) is 0 Å². The van der Waals surface area contributed by atoms with Crippen molar-refractivity contribution < 1.29 is 13.9 Å². The second-order valence-electron chi connectivity index (χ2n) is 7.02. The maximum Gasteiger partial charge on any atom is 0.255 e. The molecule has 0 radical (unpaired) electrons. The third-order valence-corrected chi connectivity index (χ3v) is 4.88. The van der Waals surface area contributed by atoms with E-state index < -0.39 is 0 Å². The Hall–Kier alpha value is -4.07. The van der Waals surface area contributed by atoms with Crippen LogP contribution < -0.4 is 10.1 Å². The number of nitrogens with zero attached hydrogens (tertiary/aromatic N) is 4. The molecule has 0 unspecified atom stereocenters. The average Bonchev–Trinajstić information content (AvgIpc) is 3.03. The fourth-order valence-corrected chi connectivity index (χ4v) is 2.95. The Bertz CT molecular complexity index is 1230. The van der Waals surface area contributed by atoms with Gasteiger partial charge in [0.1, 0.15) is 17.3 Å². The number of rotatable bonds is 5. The second-order valence-corrected chi connectivity index (χ2v) is 7.02. The zero-order valence-electron chi connectivity index (χ0n) is 17.3. The van der Waals surface area contributed by atoms with E-state index in [9.17, 15) is 9.18 Å². The predicted octanol–water partition coefficient (Wildman–Crippen LogP) is 4.77. The second kappa shape index (κ2) is 8.35. The van der Waals surface area contributed by atoms with Gasteiger partial charge < -0.3 is 10.1 Å². The van der Waals surface area contributed by atoms with Crippen molar-refractivity contribution in [1.29, 1.82) is 0 Å². The Balaban J connectivity index is 1.47. The summed E-state index contributed by atoms with van der Waals surface area (Å²) in [5.41, 5.74) is 3.83. The molecule has 0 saturated carbocycles. The lowest BCUT2D eigenvalue weighted by molar-refractivity contribution is 0.102. The summed E-state index contributed by atoms with van der Waals surface area (Å²) in [5, 5.41) is 7.20. The maximum absolute atomic E-state index is 13.0. The largest absolute Gasteiger partial charge is 0.457 e. The van der Waals surface area contributed by atoms with Crippen molar-refractivity contribution in [1.82, 2.24) is 19.7 Å². The number of carbonyl (C=O) groups excluding carboxylic acids is 1. The van der Waals surface area contributed by atoms with Gasteiger partial charge in [-0.1, -0.05) is 6.07 Å². The molecule has 7 nitrogen and oxygen atoms in total. The van der Waals surface area contributed by atoms with Crippen LogP contribution >= 0.6 is 0 Å². The molecular formula is C23H20FN5O2. The van der Waals surface area contributed by atoms with Crippen LogP contribution in [0, 0.1) is 26.6 Å². The van der Waals surface area contributed by atoms with Crippen molar-refractivity contribution in [2.24, 2.45) is 0 Å². The van der Waals surface area contributed by atoms with Gasteiger partial charge in [0, 0.05) is 11.3 Å². The first-order chi connectivity index (χ1) is 14.9. The van der Waals surface area contributed by atoms with E-state index in [0.717, 1.165) is 17.0 Å². The van der Waals surface area contributed by atoms with Gasteiger partial charge in [0.2, 0.25) is 0 Å². The molecule has 31 heavy (non-hydrogen) atoms. The van der Waals surface area contributed by atoms with Crippen molar-refractivity contribution >= 4 is 11.6 Å². The van der Waals surface area contributed by atoms with E-state index in [2.05, 4.69) is 20.4 Å². The van der Waals surface area contributed by atoms with Crippen molar-refractivity contribution in [3.05, 3.63) is 89.3 Å². The summed E-state index contributed by atoms with van der Waals surface area (Å²) in [7, 11) is 0. The molecular weight excluding hydrogens is 397 g/mol. The number of ether oxygens (including phenoxy) is 1. The molecule has 4 aromatic rings. The summed E-state index contributed by atoms with van der Waals surface area (Å²) in [6, 6.07) is 12.3. The molecule has 1 N–H and O–H groups in total. The molecule has 1 amide bonds. The minimum atomic E-state index is -0.346. The molecule has 4 rings (SSSR count). The average molecular weight is 417 g/mol. The lowest BCUT2D eigenvalue weighted by atomic mass is 10.2. The van der Waals surface area contributed by atoms with Crippen LogP contribution in [0.1, 0.15) is 27.3 Å². The highest BCUT2D eigenvalue weighted by Crippen LogP contribution is 2.23. The molecule has 0 bridgehead atoms. The Morgan fingerprint density at radius 3 is 2.35 bits per heavy atom. The molecule has 0 spiro atoms. The van der Waals surface area contributed by atoms with E-state index in [4.69, 9.17) is 4.74 Å². The third-order valence-electron chi connectivity index (χ3n) is 4.88. The molecule has 2 heterocycles. The molecule has 8 heteroatoms. The standard InChI is InChI=1S/C23H20FN5O2/c1-14-15(2)28-29(16(14)3)23-25-12-19(13-26-23)27-22(30)17-5-4-6-21(11-17)31-20-9-7-18(24)8-10-20/h4-13H,1-3H3,(H,27,30). The van der Waals surface area contributed by atoms with Crippen LogP contribution in [0.3, 0.4) is 0 Å². The SMILES string of the molecule is Cc1nn(-c2ncc(NC(=O)c3cccc(Oc4ccc(F)cc4)c3)cn2)c(C)c1C. The number of anilines is 1. The number of nitrogens with one attached hydrogen (secondary N) is 1. The fourth-order valence-electron chi connectivity index (χ4n) is 2.95. The molecule has 156 valence electrons. The number of hydrogen-bond acceptors (Lipinski definition) is 5. The highest BCUT2D eigenvalue weighted by atomic mass is 19.1. The van der Waals surface area contributed by atoms with Crippen molar-refractivity contribution in [3.8, 4) is 17.4 Å². The quantitative estimate of drug-likeness (QED) is 0.506. The number of carbonyl (C=O) groups is 1. The number of halogens is 1. The monoisotopic (exact) mass is 417 g/mol. The summed E-state index contributed by atoms with van der Waals surface area (Å²) in [5.74, 6) is 0.694. The smallest absolute Gasteiger partial charge is 0.255 e. The zero-order valence-corrected chi connectivity index (χ0v) is 17.3. The Kier molecular flexibility index (Phi) is 5.44. The molecule has 0 saturated heterocycles. The highest BCUT2D eigenvalue weighted by molar-refractivity contribution is 6.04. The van der Waals surface area contributed by atoms with E-state index in [1.807, 2.05) is 20.8 Å². The summed E-state index contributed by atoms with van der Waals surface area (Å²) in [4.78, 5) is 21.3. The normalized spacial score (nSPS) is 10.7. The first-order valence-corrected chi connectivity index (χ1v) is 9.61. The molecule has 0 aliphatic rings. The maximum atomic E-state index is 13.0. The van der Waals surface area contributed by atoms with E-state index in [1.165, 1.54) is 36.7 Å². The van der Waals surface area contributed by atoms with Gasteiger partial charge in [-0.3, -0.25) is 4.79 Å². The summed E-state index contributed by atoms with van der Waals surface area (Å²) < 4.78 is 20.4. The molecule has 0 atom stereocenters. The Morgan fingerprint density at radius 1 is 1.00 bits per heavy atom. The van der Waals surface area contributed by atoms with Gasteiger partial charge in [-0.2, -0.15) is 5.10 Å². The van der Waals surface area contributed by atoms with Crippen LogP contribution in [-0.2, 0) is 0 Å². The van der Waals surface area contributed by atoms with Gasteiger partial charge in [0.25, 0.3) is 11.9 Å². The zero-order chi connectivity index (χ0) is 22.0. The summed E-state index contributed by atoms with van der Waals surface area (Å²) in [6.45, 7) is 5.88. The summed E-state index contributed by atoms with van der Waals surface area (Å²) >= 11 is 0. The summed E-state index contributed by atoms with van der Waals surface area (Å²) in [6.07, 6.45) is 3.07. The molecule has 0 aliphatic carbocycles. The minimum absolute atomic E-state index is 0.331. The van der Waals surface area contributed by atoms with E-state index in [-0.39, 0.29) is 11.7 Å². The molecule has 0 aliphatic heterocycles. The van der Waals surface area contributed by atoms with Gasteiger partial charge in [0.05, 0.1) is 23.8 Å². The van der Waals surface area contributed by atoms with Crippen LogP contribution in [-0.4, -0.2) is 25.7 Å². The minimum Gasteiger partial charge on any atom is -0.457 e. The van der Waals surface area contributed by atoms with Gasteiger partial charge in [-0.05, 0) is 68.8 Å². The van der Waals surface area contributed by atoms with Crippen LogP contribution in [0.5, 0.6) is 11.5 Å². The Labute approximate surface area is 178 Å². The van der Waals surface area contributed by atoms with Crippen molar-refractivity contribution in [2.75, 3.05) is 5.32 Å².